The molecule has 0 saturated carbocycles. The molecule has 0 aromatic heterocycles. The molecular weight excluding hydrogens is 388 g/mol. The molecule has 178 valence electrons. The first-order chi connectivity index (χ1) is 15.1. The Morgan fingerprint density at radius 2 is 1.29 bits per heavy atom. The van der Waals surface area contributed by atoms with Crippen molar-refractivity contribution in [3.8, 4) is 11.5 Å². The van der Waals surface area contributed by atoms with Gasteiger partial charge in [-0.3, -0.25) is 0 Å². The van der Waals surface area contributed by atoms with Gasteiger partial charge in [0.2, 0.25) is 0 Å². The lowest BCUT2D eigenvalue weighted by Gasteiger charge is -2.13. The monoisotopic (exact) mass is 434 g/mol. The molecule has 0 bridgehead atoms. The van der Waals surface area contributed by atoms with Crippen molar-refractivity contribution in [1.82, 2.24) is 0 Å². The molecule has 31 heavy (non-hydrogen) atoms. The van der Waals surface area contributed by atoms with Gasteiger partial charge in [0, 0.05) is 0 Å². The topological polar surface area (TPSA) is 44.8 Å². The van der Waals surface area contributed by atoms with Gasteiger partial charge in [0.05, 0.1) is 25.4 Å². The van der Waals surface area contributed by atoms with Crippen LogP contribution in [0, 0.1) is 0 Å². The summed E-state index contributed by atoms with van der Waals surface area (Å²) >= 11 is 0. The minimum Gasteiger partial charge on any atom is -0.493 e. The van der Waals surface area contributed by atoms with Crippen molar-refractivity contribution < 1.29 is 19.0 Å². The molecule has 0 spiro atoms. The lowest BCUT2D eigenvalue weighted by atomic mass is 10.0. The first-order valence-electron chi connectivity index (χ1n) is 12.6. The predicted molar refractivity (Wildman–Crippen MR) is 129 cm³/mol. The number of hydrogen-bond donors (Lipinski definition) is 0. The van der Waals surface area contributed by atoms with Gasteiger partial charge in [0.25, 0.3) is 0 Å². The van der Waals surface area contributed by atoms with Gasteiger partial charge < -0.3 is 14.2 Å². The van der Waals surface area contributed by atoms with Crippen molar-refractivity contribution in [1.29, 1.82) is 0 Å². The summed E-state index contributed by atoms with van der Waals surface area (Å²) in [4.78, 5) is 12.0. The fourth-order valence-electron chi connectivity index (χ4n) is 3.67. The number of hydrogen-bond acceptors (Lipinski definition) is 4. The molecule has 1 aromatic carbocycles. The first-order valence-corrected chi connectivity index (χ1v) is 12.6. The molecule has 0 aliphatic rings. The molecule has 0 aliphatic carbocycles. The number of methoxy groups -OCH3 is 1. The van der Waals surface area contributed by atoms with E-state index >= 15 is 0 Å². The average molecular weight is 435 g/mol. The number of unbranched alkanes of at least 4 members (excludes halogenated alkanes) is 13. The van der Waals surface area contributed by atoms with E-state index in [1.807, 2.05) is 13.8 Å². The van der Waals surface area contributed by atoms with Crippen LogP contribution in [0.3, 0.4) is 0 Å². The Hall–Kier alpha value is -1.71. The molecule has 4 nitrogen and oxygen atoms in total. The maximum atomic E-state index is 12.0. The van der Waals surface area contributed by atoms with Gasteiger partial charge in [0.15, 0.2) is 11.5 Å². The third kappa shape index (κ3) is 13.3. The van der Waals surface area contributed by atoms with Gasteiger partial charge in [-0.2, -0.15) is 0 Å². The number of rotatable bonds is 19. The van der Waals surface area contributed by atoms with Gasteiger partial charge >= 0.3 is 5.97 Å². The average Bonchev–Trinajstić information content (AvgIpc) is 2.76. The second kappa shape index (κ2) is 17.9. The molecule has 0 aliphatic heterocycles. The van der Waals surface area contributed by atoms with E-state index in [9.17, 15) is 4.79 Å². The van der Waals surface area contributed by atoms with Crippen molar-refractivity contribution in [2.75, 3.05) is 13.7 Å². The summed E-state index contributed by atoms with van der Waals surface area (Å²) in [6.45, 7) is 6.62. The molecule has 0 fully saturated rings. The van der Waals surface area contributed by atoms with E-state index in [-0.39, 0.29) is 12.1 Å². The molecule has 0 heterocycles. The Kier molecular flexibility index (Phi) is 15.8. The predicted octanol–water partition coefficient (Wildman–Crippen LogP) is 8.12. The highest BCUT2D eigenvalue weighted by Crippen LogP contribution is 2.28. The zero-order chi connectivity index (χ0) is 22.7. The van der Waals surface area contributed by atoms with Crippen LogP contribution in [-0.2, 0) is 4.74 Å². The summed E-state index contributed by atoms with van der Waals surface area (Å²) in [5.41, 5.74) is 0.481. The number of ether oxygens (including phenoxy) is 3. The summed E-state index contributed by atoms with van der Waals surface area (Å²) in [6, 6.07) is 5.21. The smallest absolute Gasteiger partial charge is 0.338 e. The van der Waals surface area contributed by atoms with Gasteiger partial charge in [-0.05, 0) is 38.5 Å². The summed E-state index contributed by atoms with van der Waals surface area (Å²) in [7, 11) is 1.59. The van der Waals surface area contributed by atoms with Gasteiger partial charge in [-0.15, -0.1) is 0 Å². The SMILES string of the molecule is CCCCCCCCCCCCCCCCOc1ccc(C(=O)OC(C)C)cc1OC. The van der Waals surface area contributed by atoms with E-state index in [1.165, 1.54) is 83.5 Å². The Labute approximate surface area is 191 Å². The van der Waals surface area contributed by atoms with Crippen molar-refractivity contribution in [2.45, 2.75) is 117 Å². The van der Waals surface area contributed by atoms with Gasteiger partial charge in [0.1, 0.15) is 0 Å². The van der Waals surface area contributed by atoms with Crippen LogP contribution in [0.5, 0.6) is 11.5 Å². The van der Waals surface area contributed by atoms with Crippen LogP contribution >= 0.6 is 0 Å². The maximum Gasteiger partial charge on any atom is 0.338 e. The molecule has 1 aromatic rings. The summed E-state index contributed by atoms with van der Waals surface area (Å²) in [5, 5.41) is 0. The third-order valence-electron chi connectivity index (χ3n) is 5.50. The summed E-state index contributed by atoms with van der Waals surface area (Å²) < 4.78 is 16.5. The highest BCUT2D eigenvalue weighted by atomic mass is 16.5. The fourth-order valence-corrected chi connectivity index (χ4v) is 3.67. The molecule has 0 unspecified atom stereocenters. The largest absolute Gasteiger partial charge is 0.493 e. The first kappa shape index (κ1) is 27.3. The Morgan fingerprint density at radius 1 is 0.774 bits per heavy atom. The molecule has 4 heteroatoms. The zero-order valence-electron chi connectivity index (χ0n) is 20.5. The van der Waals surface area contributed by atoms with Crippen LogP contribution in [0.25, 0.3) is 0 Å². The van der Waals surface area contributed by atoms with Crippen LogP contribution < -0.4 is 9.47 Å². The van der Waals surface area contributed by atoms with E-state index < -0.39 is 0 Å². The highest BCUT2D eigenvalue weighted by Gasteiger charge is 2.13. The number of carbonyl (C=O) groups is 1. The molecule has 0 saturated heterocycles. The van der Waals surface area contributed by atoms with E-state index in [0.29, 0.717) is 23.7 Å². The highest BCUT2D eigenvalue weighted by molar-refractivity contribution is 5.90. The molecule has 0 amide bonds. The van der Waals surface area contributed by atoms with Crippen LogP contribution in [-0.4, -0.2) is 25.8 Å². The normalized spacial score (nSPS) is 11.0. The quantitative estimate of drug-likeness (QED) is 0.163. The molecule has 0 N–H and O–H groups in total. The Bertz CT molecular complexity index is 583. The van der Waals surface area contributed by atoms with Crippen LogP contribution in [0.4, 0.5) is 0 Å². The number of esters is 1. The number of carbonyl (C=O) groups excluding carboxylic acids is 1. The maximum absolute atomic E-state index is 12.0. The Morgan fingerprint density at radius 3 is 1.77 bits per heavy atom. The lowest BCUT2D eigenvalue weighted by Crippen LogP contribution is -2.11. The van der Waals surface area contributed by atoms with E-state index in [4.69, 9.17) is 14.2 Å². The standard InChI is InChI=1S/C27H46O4/c1-5-6-7-8-9-10-11-12-13-14-15-16-17-18-21-30-25-20-19-24(22-26(25)29-4)27(28)31-23(2)3/h19-20,22-23H,5-18,21H2,1-4H3. The van der Waals surface area contributed by atoms with Crippen molar-refractivity contribution in [3.63, 3.8) is 0 Å². The minimum absolute atomic E-state index is 0.144. The van der Waals surface area contributed by atoms with Gasteiger partial charge in [-0.25, -0.2) is 4.79 Å². The second-order valence-electron chi connectivity index (χ2n) is 8.76. The Balaban J connectivity index is 2.07. The minimum atomic E-state index is -0.341. The van der Waals surface area contributed by atoms with Crippen LogP contribution in [0.2, 0.25) is 0 Å². The lowest BCUT2D eigenvalue weighted by molar-refractivity contribution is 0.0377. The molecular formula is C27H46O4. The summed E-state index contributed by atoms with van der Waals surface area (Å²) in [5.74, 6) is 0.911. The van der Waals surface area contributed by atoms with Crippen molar-refractivity contribution in [3.05, 3.63) is 23.8 Å². The molecule has 0 radical (unpaired) electrons. The summed E-state index contributed by atoms with van der Waals surface area (Å²) in [6.07, 6.45) is 18.7. The molecule has 0 atom stereocenters. The van der Waals surface area contributed by atoms with Crippen LogP contribution in [0.15, 0.2) is 18.2 Å². The molecule has 1 rings (SSSR count). The van der Waals surface area contributed by atoms with Crippen molar-refractivity contribution >= 4 is 5.97 Å². The van der Waals surface area contributed by atoms with E-state index in [1.54, 1.807) is 25.3 Å². The van der Waals surface area contributed by atoms with E-state index in [0.717, 1.165) is 6.42 Å². The number of benzene rings is 1. The third-order valence-corrected chi connectivity index (χ3v) is 5.50. The van der Waals surface area contributed by atoms with Crippen molar-refractivity contribution in [2.24, 2.45) is 0 Å². The van der Waals surface area contributed by atoms with Gasteiger partial charge in [-0.1, -0.05) is 90.4 Å². The second-order valence-corrected chi connectivity index (χ2v) is 8.76. The zero-order valence-corrected chi connectivity index (χ0v) is 20.5. The van der Waals surface area contributed by atoms with E-state index in [2.05, 4.69) is 6.92 Å². The van der Waals surface area contributed by atoms with Crippen LogP contribution in [0.1, 0.15) is 121 Å². The fraction of sp³-hybridized carbons (Fsp3) is 0.741.